The Morgan fingerprint density at radius 1 is 1.10 bits per heavy atom. The summed E-state index contributed by atoms with van der Waals surface area (Å²) >= 11 is 1.25. The van der Waals surface area contributed by atoms with Crippen molar-refractivity contribution < 1.29 is 19.4 Å². The minimum Gasteiger partial charge on any atom is -0.503 e. The minimum atomic E-state index is -0.788. The van der Waals surface area contributed by atoms with Gasteiger partial charge in [-0.25, -0.2) is 4.98 Å². The molecular weight excluding hydrogens is 400 g/mol. The molecule has 0 saturated carbocycles. The Morgan fingerprint density at radius 3 is 2.40 bits per heavy atom. The third-order valence-corrected chi connectivity index (χ3v) is 6.09. The predicted octanol–water partition coefficient (Wildman–Crippen LogP) is 4.55. The van der Waals surface area contributed by atoms with Gasteiger partial charge in [0.15, 0.2) is 5.76 Å². The highest BCUT2D eigenvalue weighted by molar-refractivity contribution is 7.14. The molecule has 0 fully saturated rings. The summed E-state index contributed by atoms with van der Waals surface area (Å²) in [5.74, 6) is -1.12. The summed E-state index contributed by atoms with van der Waals surface area (Å²) in [5.41, 5.74) is 1.81. The Balaban J connectivity index is 1.91. The molecule has 30 heavy (non-hydrogen) atoms. The summed E-state index contributed by atoms with van der Waals surface area (Å²) in [4.78, 5) is 32.8. The number of methoxy groups -OCH3 is 1. The first-order chi connectivity index (χ1) is 14.4. The molecular formula is C23H20N2O4S. The number of anilines is 1. The van der Waals surface area contributed by atoms with Crippen LogP contribution < -0.4 is 9.64 Å². The van der Waals surface area contributed by atoms with Gasteiger partial charge < -0.3 is 9.84 Å². The van der Waals surface area contributed by atoms with Crippen LogP contribution >= 0.6 is 11.3 Å². The molecule has 1 amide bonds. The van der Waals surface area contributed by atoms with Crippen molar-refractivity contribution in [2.45, 2.75) is 19.9 Å². The third-order valence-electron chi connectivity index (χ3n) is 5.02. The number of ether oxygens (including phenoxy) is 1. The first-order valence-corrected chi connectivity index (χ1v) is 10.2. The Bertz CT molecular complexity index is 1170. The highest BCUT2D eigenvalue weighted by atomic mass is 32.1. The number of aromatic nitrogens is 1. The summed E-state index contributed by atoms with van der Waals surface area (Å²) in [7, 11) is 1.51. The molecule has 4 rings (SSSR count). The average molecular weight is 420 g/mol. The highest BCUT2D eigenvalue weighted by Crippen LogP contribution is 2.45. The van der Waals surface area contributed by atoms with Crippen LogP contribution in [0.25, 0.3) is 0 Å². The van der Waals surface area contributed by atoms with Crippen LogP contribution in [0.4, 0.5) is 5.69 Å². The van der Waals surface area contributed by atoms with Crippen molar-refractivity contribution in [2.24, 2.45) is 0 Å². The second-order valence-corrected chi connectivity index (χ2v) is 8.10. The highest BCUT2D eigenvalue weighted by Gasteiger charge is 2.46. The van der Waals surface area contributed by atoms with Crippen molar-refractivity contribution in [1.82, 2.24) is 4.98 Å². The van der Waals surface area contributed by atoms with Gasteiger partial charge in [-0.05, 0) is 31.5 Å². The van der Waals surface area contributed by atoms with Crippen molar-refractivity contribution in [3.63, 3.8) is 0 Å². The topological polar surface area (TPSA) is 79.7 Å². The largest absolute Gasteiger partial charge is 0.503 e. The van der Waals surface area contributed by atoms with E-state index >= 15 is 0 Å². The van der Waals surface area contributed by atoms with E-state index in [1.807, 2.05) is 37.3 Å². The molecule has 1 aliphatic rings. The maximum absolute atomic E-state index is 13.5. The van der Waals surface area contributed by atoms with Gasteiger partial charge in [-0.15, -0.1) is 11.3 Å². The normalized spacial score (nSPS) is 16.3. The number of amides is 1. The van der Waals surface area contributed by atoms with Crippen LogP contribution in [0.3, 0.4) is 0 Å². The van der Waals surface area contributed by atoms with Crippen LogP contribution in [-0.4, -0.2) is 28.9 Å². The van der Waals surface area contributed by atoms with Gasteiger partial charge in [0.05, 0.1) is 40.0 Å². The SMILES string of the molecule is COc1ccccc1N1C(=O)C(O)=C(C(=O)c2sc(C)nc2C)C1c1ccccc1. The second-order valence-electron chi connectivity index (χ2n) is 6.90. The standard InChI is InChI=1S/C23H20N2O4S/c1-13-22(30-14(2)24-13)20(26)18-19(15-9-5-4-6-10-15)25(23(28)21(18)27)16-11-7-8-12-17(16)29-3/h4-12,19,27H,1-3H3. The number of aryl methyl sites for hydroxylation is 2. The number of carbonyl (C=O) groups excluding carboxylic acids is 2. The Labute approximate surface area is 178 Å². The van der Waals surface area contributed by atoms with Crippen molar-refractivity contribution in [2.75, 3.05) is 12.0 Å². The monoisotopic (exact) mass is 420 g/mol. The summed E-state index contributed by atoms with van der Waals surface area (Å²) in [5, 5.41) is 11.6. The number of rotatable bonds is 5. The number of ketones is 1. The molecule has 152 valence electrons. The van der Waals surface area contributed by atoms with Crippen LogP contribution in [0, 0.1) is 13.8 Å². The number of Topliss-reactive ketones (excluding diaryl/α,β-unsaturated/α-hetero) is 1. The lowest BCUT2D eigenvalue weighted by Crippen LogP contribution is -2.31. The number of benzene rings is 2. The fourth-order valence-electron chi connectivity index (χ4n) is 3.73. The van der Waals surface area contributed by atoms with Gasteiger partial charge >= 0.3 is 0 Å². The lowest BCUT2D eigenvalue weighted by molar-refractivity contribution is -0.117. The molecule has 0 saturated heterocycles. The van der Waals surface area contributed by atoms with Crippen molar-refractivity contribution in [3.05, 3.63) is 87.1 Å². The third kappa shape index (κ3) is 3.17. The molecule has 3 aromatic rings. The maximum Gasteiger partial charge on any atom is 0.294 e. The molecule has 0 spiro atoms. The van der Waals surface area contributed by atoms with Crippen LogP contribution in [0.2, 0.25) is 0 Å². The van der Waals surface area contributed by atoms with Crippen LogP contribution in [0.1, 0.15) is 32.0 Å². The Kier molecular flexibility index (Phi) is 5.13. The van der Waals surface area contributed by atoms with Gasteiger partial charge in [-0.2, -0.15) is 0 Å². The van der Waals surface area contributed by atoms with Gasteiger partial charge in [0.2, 0.25) is 5.78 Å². The second kappa shape index (κ2) is 7.76. The molecule has 1 N–H and O–H groups in total. The molecule has 0 aliphatic carbocycles. The van der Waals surface area contributed by atoms with E-state index in [0.29, 0.717) is 27.6 Å². The first kappa shape index (κ1) is 19.8. The van der Waals surface area contributed by atoms with E-state index in [4.69, 9.17) is 4.74 Å². The van der Waals surface area contributed by atoms with E-state index in [1.165, 1.54) is 23.3 Å². The zero-order chi connectivity index (χ0) is 21.4. The number of hydrogen-bond acceptors (Lipinski definition) is 6. The van der Waals surface area contributed by atoms with E-state index in [0.717, 1.165) is 5.01 Å². The van der Waals surface area contributed by atoms with Crippen molar-refractivity contribution in [1.29, 1.82) is 0 Å². The molecule has 1 aliphatic heterocycles. The molecule has 1 aromatic heterocycles. The lowest BCUT2D eigenvalue weighted by Gasteiger charge is -2.28. The summed E-state index contributed by atoms with van der Waals surface area (Å²) in [6.07, 6.45) is 0. The van der Waals surface area contributed by atoms with E-state index in [9.17, 15) is 14.7 Å². The quantitative estimate of drug-likeness (QED) is 0.613. The van der Waals surface area contributed by atoms with Gasteiger partial charge in [-0.1, -0.05) is 42.5 Å². The lowest BCUT2D eigenvalue weighted by atomic mass is 9.95. The van der Waals surface area contributed by atoms with E-state index in [2.05, 4.69) is 4.98 Å². The van der Waals surface area contributed by atoms with Crippen LogP contribution in [0.15, 0.2) is 65.9 Å². The number of thiazole rings is 1. The summed E-state index contributed by atoms with van der Waals surface area (Å²) in [6, 6.07) is 15.4. The van der Waals surface area contributed by atoms with Crippen LogP contribution in [-0.2, 0) is 4.79 Å². The van der Waals surface area contributed by atoms with Gasteiger partial charge in [0, 0.05) is 0 Å². The van der Waals surface area contributed by atoms with Crippen molar-refractivity contribution >= 4 is 28.7 Å². The van der Waals surface area contributed by atoms with Gasteiger partial charge in [0.25, 0.3) is 5.91 Å². The Hall–Kier alpha value is -3.45. The Morgan fingerprint density at radius 2 is 1.77 bits per heavy atom. The average Bonchev–Trinajstić information content (AvgIpc) is 3.23. The number of hydrogen-bond donors (Lipinski definition) is 1. The fraction of sp³-hybridized carbons (Fsp3) is 0.174. The first-order valence-electron chi connectivity index (χ1n) is 9.37. The minimum absolute atomic E-state index is 0.0452. The molecule has 7 heteroatoms. The van der Waals surface area contributed by atoms with E-state index in [-0.39, 0.29) is 5.57 Å². The number of nitrogens with zero attached hydrogens (tertiary/aromatic N) is 2. The fourth-order valence-corrected chi connectivity index (χ4v) is 4.60. The van der Waals surface area contributed by atoms with E-state index < -0.39 is 23.5 Å². The molecule has 0 radical (unpaired) electrons. The van der Waals surface area contributed by atoms with Gasteiger partial charge in [0.1, 0.15) is 5.75 Å². The molecule has 2 heterocycles. The zero-order valence-electron chi connectivity index (χ0n) is 16.7. The number of para-hydroxylation sites is 2. The predicted molar refractivity (Wildman–Crippen MR) is 115 cm³/mol. The molecule has 6 nitrogen and oxygen atoms in total. The van der Waals surface area contributed by atoms with Crippen molar-refractivity contribution in [3.8, 4) is 5.75 Å². The smallest absolute Gasteiger partial charge is 0.294 e. The summed E-state index contributed by atoms with van der Waals surface area (Å²) in [6.45, 7) is 3.57. The number of aliphatic hydroxyl groups excluding tert-OH is 1. The van der Waals surface area contributed by atoms with E-state index in [1.54, 1.807) is 31.2 Å². The number of carbonyl (C=O) groups is 2. The molecule has 1 atom stereocenters. The molecule has 2 aromatic carbocycles. The summed E-state index contributed by atoms with van der Waals surface area (Å²) < 4.78 is 5.44. The molecule has 0 bridgehead atoms. The number of aliphatic hydroxyl groups is 1. The molecule has 1 unspecified atom stereocenters. The van der Waals surface area contributed by atoms with Gasteiger partial charge in [-0.3, -0.25) is 14.5 Å². The van der Waals surface area contributed by atoms with Crippen LogP contribution in [0.5, 0.6) is 5.75 Å². The maximum atomic E-state index is 13.5. The zero-order valence-corrected chi connectivity index (χ0v) is 17.6.